The molecule has 2 heterocycles. The number of ether oxygens (including phenoxy) is 1. The van der Waals surface area contributed by atoms with Gasteiger partial charge in [-0.05, 0) is 25.8 Å². The van der Waals surface area contributed by atoms with Gasteiger partial charge in [-0.1, -0.05) is 18.2 Å². The van der Waals surface area contributed by atoms with Gasteiger partial charge in [-0.3, -0.25) is 4.90 Å². The average Bonchev–Trinajstić information content (AvgIpc) is 3.16. The summed E-state index contributed by atoms with van der Waals surface area (Å²) in [6, 6.07) is 9.83. The van der Waals surface area contributed by atoms with Gasteiger partial charge in [0.05, 0.1) is 0 Å². The van der Waals surface area contributed by atoms with E-state index in [2.05, 4.69) is 24.0 Å². The summed E-state index contributed by atoms with van der Waals surface area (Å²) < 4.78 is 6.41. The molecular weight excluding hydrogens is 236 g/mol. The van der Waals surface area contributed by atoms with Crippen molar-refractivity contribution in [3.05, 3.63) is 29.8 Å². The van der Waals surface area contributed by atoms with Crippen LogP contribution in [0.2, 0.25) is 0 Å². The highest BCUT2D eigenvalue weighted by atomic mass is 16.5. The molecule has 2 aliphatic heterocycles. The summed E-state index contributed by atoms with van der Waals surface area (Å²) in [7, 11) is 0. The summed E-state index contributed by atoms with van der Waals surface area (Å²) in [5.74, 6) is 1.01. The summed E-state index contributed by atoms with van der Waals surface area (Å²) in [6.07, 6.45) is 4.80. The first kappa shape index (κ1) is 11.7. The van der Waals surface area contributed by atoms with E-state index in [-0.39, 0.29) is 11.6 Å². The van der Waals surface area contributed by atoms with Crippen LogP contribution in [0.25, 0.3) is 0 Å². The van der Waals surface area contributed by atoms with Gasteiger partial charge in [0.2, 0.25) is 0 Å². The molecule has 1 aromatic carbocycles. The third-order valence-corrected chi connectivity index (χ3v) is 4.96. The second-order valence-corrected chi connectivity index (χ2v) is 6.59. The highest BCUT2D eigenvalue weighted by Gasteiger charge is 2.51. The van der Waals surface area contributed by atoms with E-state index in [0.29, 0.717) is 6.04 Å². The van der Waals surface area contributed by atoms with Crippen molar-refractivity contribution in [3.63, 3.8) is 0 Å². The van der Waals surface area contributed by atoms with E-state index in [0.717, 1.165) is 31.2 Å². The maximum absolute atomic E-state index is 6.41. The number of fused-ring (bicyclic) bond motifs is 1. The van der Waals surface area contributed by atoms with Crippen molar-refractivity contribution in [2.75, 3.05) is 6.54 Å². The van der Waals surface area contributed by atoms with Crippen LogP contribution in [-0.2, 0) is 0 Å². The van der Waals surface area contributed by atoms with Crippen molar-refractivity contribution in [1.29, 1.82) is 0 Å². The molecule has 0 radical (unpaired) electrons. The second-order valence-electron chi connectivity index (χ2n) is 6.59. The van der Waals surface area contributed by atoms with Crippen LogP contribution in [0.15, 0.2) is 24.3 Å². The number of para-hydroxylation sites is 1. The minimum absolute atomic E-state index is 0.0459. The van der Waals surface area contributed by atoms with E-state index in [1.165, 1.54) is 18.4 Å². The summed E-state index contributed by atoms with van der Waals surface area (Å²) in [5.41, 5.74) is 7.51. The minimum atomic E-state index is -0.0459. The molecule has 1 saturated heterocycles. The van der Waals surface area contributed by atoms with Gasteiger partial charge in [-0.2, -0.15) is 0 Å². The van der Waals surface area contributed by atoms with Crippen LogP contribution >= 0.6 is 0 Å². The Hall–Kier alpha value is -1.06. The molecule has 1 aromatic rings. The summed E-state index contributed by atoms with van der Waals surface area (Å²) in [5, 5.41) is 0. The van der Waals surface area contributed by atoms with Gasteiger partial charge < -0.3 is 10.5 Å². The Morgan fingerprint density at radius 1 is 1.26 bits per heavy atom. The zero-order chi connectivity index (χ0) is 13.0. The predicted octanol–water partition coefficient (Wildman–Crippen LogP) is 2.46. The third kappa shape index (κ3) is 1.87. The Labute approximate surface area is 114 Å². The van der Waals surface area contributed by atoms with Crippen LogP contribution in [0, 0.1) is 0 Å². The van der Waals surface area contributed by atoms with Gasteiger partial charge in [-0.15, -0.1) is 0 Å². The minimum Gasteiger partial charge on any atom is -0.485 e. The standard InChI is InChI=1S/C16H22N2O/c1-11-8-16(10-18(11)12-6-7-12)9-14(17)13-4-2-3-5-15(13)19-16/h2-5,11-12,14H,6-10,17H2,1H3/t11?,14-,16?/m1/s1. The molecule has 0 aromatic heterocycles. The molecule has 2 fully saturated rings. The van der Waals surface area contributed by atoms with Gasteiger partial charge in [-0.25, -0.2) is 0 Å². The van der Waals surface area contributed by atoms with Crippen molar-refractivity contribution in [3.8, 4) is 5.75 Å². The molecule has 1 aliphatic carbocycles. The zero-order valence-corrected chi connectivity index (χ0v) is 11.5. The highest BCUT2D eigenvalue weighted by Crippen LogP contribution is 2.46. The van der Waals surface area contributed by atoms with E-state index >= 15 is 0 Å². The normalized spacial score (nSPS) is 38.2. The summed E-state index contributed by atoms with van der Waals surface area (Å²) in [6.45, 7) is 3.39. The molecule has 1 spiro atoms. The largest absolute Gasteiger partial charge is 0.485 e. The number of rotatable bonds is 1. The number of nitrogens with two attached hydrogens (primary N) is 1. The van der Waals surface area contributed by atoms with Crippen LogP contribution < -0.4 is 10.5 Å². The van der Waals surface area contributed by atoms with Crippen LogP contribution in [0.3, 0.4) is 0 Å². The van der Waals surface area contributed by atoms with E-state index in [9.17, 15) is 0 Å². The fourth-order valence-corrected chi connectivity index (χ4v) is 3.99. The van der Waals surface area contributed by atoms with Gasteiger partial charge in [0.1, 0.15) is 11.4 Å². The molecule has 102 valence electrons. The van der Waals surface area contributed by atoms with Gasteiger partial charge in [0.25, 0.3) is 0 Å². The van der Waals surface area contributed by atoms with Crippen molar-refractivity contribution < 1.29 is 4.74 Å². The van der Waals surface area contributed by atoms with Crippen molar-refractivity contribution >= 4 is 0 Å². The summed E-state index contributed by atoms with van der Waals surface area (Å²) >= 11 is 0. The van der Waals surface area contributed by atoms with Crippen LogP contribution in [0.1, 0.15) is 44.2 Å². The lowest BCUT2D eigenvalue weighted by Gasteiger charge is -2.38. The zero-order valence-electron chi connectivity index (χ0n) is 11.5. The Bertz CT molecular complexity index is 499. The van der Waals surface area contributed by atoms with E-state index < -0.39 is 0 Å². The Morgan fingerprint density at radius 3 is 2.84 bits per heavy atom. The number of hydrogen-bond acceptors (Lipinski definition) is 3. The van der Waals surface area contributed by atoms with Crippen molar-refractivity contribution in [2.24, 2.45) is 5.73 Å². The van der Waals surface area contributed by atoms with Gasteiger partial charge in [0, 0.05) is 43.1 Å². The van der Waals surface area contributed by atoms with Gasteiger partial charge >= 0.3 is 0 Å². The molecule has 19 heavy (non-hydrogen) atoms. The highest BCUT2D eigenvalue weighted by molar-refractivity contribution is 5.39. The van der Waals surface area contributed by atoms with Crippen LogP contribution in [0.4, 0.5) is 0 Å². The molecule has 3 heteroatoms. The maximum atomic E-state index is 6.41. The van der Waals surface area contributed by atoms with Gasteiger partial charge in [0.15, 0.2) is 0 Å². The monoisotopic (exact) mass is 258 g/mol. The Balaban J connectivity index is 1.64. The van der Waals surface area contributed by atoms with E-state index in [4.69, 9.17) is 10.5 Å². The molecule has 3 atom stereocenters. The lowest BCUT2D eigenvalue weighted by Crippen LogP contribution is -2.45. The first-order valence-corrected chi connectivity index (χ1v) is 7.46. The van der Waals surface area contributed by atoms with Crippen molar-refractivity contribution in [2.45, 2.75) is 56.3 Å². The lowest BCUT2D eigenvalue weighted by molar-refractivity contribution is 0.0433. The molecule has 3 nitrogen and oxygen atoms in total. The molecule has 2 N–H and O–H groups in total. The maximum Gasteiger partial charge on any atom is 0.125 e. The van der Waals surface area contributed by atoms with Crippen molar-refractivity contribution in [1.82, 2.24) is 4.90 Å². The molecule has 1 saturated carbocycles. The number of benzene rings is 1. The third-order valence-electron chi connectivity index (χ3n) is 4.96. The number of likely N-dealkylation sites (tertiary alicyclic amines) is 1. The predicted molar refractivity (Wildman–Crippen MR) is 75.2 cm³/mol. The Kier molecular flexibility index (Phi) is 2.45. The number of nitrogens with zero attached hydrogens (tertiary/aromatic N) is 1. The first-order chi connectivity index (χ1) is 9.17. The van der Waals surface area contributed by atoms with Crippen LogP contribution in [-0.4, -0.2) is 29.1 Å². The molecule has 2 unspecified atom stereocenters. The molecule has 0 bridgehead atoms. The summed E-state index contributed by atoms with van der Waals surface area (Å²) in [4.78, 5) is 2.64. The fourth-order valence-electron chi connectivity index (χ4n) is 3.99. The van der Waals surface area contributed by atoms with Crippen LogP contribution in [0.5, 0.6) is 5.75 Å². The SMILES string of the molecule is CC1CC2(C[C@@H](N)c3ccccc3O2)CN1C1CC1. The average molecular weight is 258 g/mol. The molecule has 4 rings (SSSR count). The van der Waals surface area contributed by atoms with E-state index in [1.807, 2.05) is 12.1 Å². The molecular formula is C16H22N2O. The molecule has 3 aliphatic rings. The van der Waals surface area contributed by atoms with E-state index in [1.54, 1.807) is 0 Å². The lowest BCUT2D eigenvalue weighted by atomic mass is 9.86. The smallest absolute Gasteiger partial charge is 0.125 e. The topological polar surface area (TPSA) is 38.5 Å². The quantitative estimate of drug-likeness (QED) is 0.841. The second kappa shape index (κ2) is 3.97. The fraction of sp³-hybridized carbons (Fsp3) is 0.625. The Morgan fingerprint density at radius 2 is 2.05 bits per heavy atom. The molecule has 0 amide bonds. The first-order valence-electron chi connectivity index (χ1n) is 7.46. The number of hydrogen-bond donors (Lipinski definition) is 1.